The van der Waals surface area contributed by atoms with E-state index in [0.29, 0.717) is 28.4 Å². The minimum absolute atomic E-state index is 0.0253. The molecule has 0 amide bonds. The molecule has 11 heteroatoms. The van der Waals surface area contributed by atoms with E-state index < -0.39 is 31.1 Å². The van der Waals surface area contributed by atoms with Crippen molar-refractivity contribution in [3.63, 3.8) is 0 Å². The average Bonchev–Trinajstić information content (AvgIpc) is 3.22. The first-order chi connectivity index (χ1) is 13.5. The van der Waals surface area contributed by atoms with Crippen molar-refractivity contribution in [1.29, 1.82) is 0 Å². The van der Waals surface area contributed by atoms with Crippen molar-refractivity contribution < 1.29 is 20.1 Å². The van der Waals surface area contributed by atoms with E-state index in [0.717, 1.165) is 5.56 Å². The van der Waals surface area contributed by atoms with Crippen LogP contribution in [0, 0.1) is 0 Å². The number of halogens is 2. The van der Waals surface area contributed by atoms with Crippen molar-refractivity contribution in [3.05, 3.63) is 46.3 Å². The molecule has 148 valence electrons. The quantitative estimate of drug-likeness (QED) is 0.451. The van der Waals surface area contributed by atoms with Gasteiger partial charge in [0.15, 0.2) is 11.9 Å². The number of aliphatic hydroxyl groups is 3. The number of anilines is 1. The molecule has 1 fully saturated rings. The van der Waals surface area contributed by atoms with E-state index in [1.807, 2.05) is 18.2 Å². The van der Waals surface area contributed by atoms with Crippen LogP contribution in [0.15, 0.2) is 30.5 Å². The van der Waals surface area contributed by atoms with Gasteiger partial charge in [-0.1, -0.05) is 29.8 Å². The van der Waals surface area contributed by atoms with Gasteiger partial charge >= 0.3 is 0 Å². The molecule has 0 saturated carbocycles. The van der Waals surface area contributed by atoms with Crippen LogP contribution >= 0.6 is 23.2 Å². The van der Waals surface area contributed by atoms with Gasteiger partial charge in [0.1, 0.15) is 24.1 Å². The summed E-state index contributed by atoms with van der Waals surface area (Å²) >= 11 is 12.3. The number of hydrogen-bond donors (Lipinski definition) is 4. The maximum atomic E-state index is 10.3. The second-order valence-corrected chi connectivity index (χ2v) is 7.09. The molecular formula is C17H17Cl2N5O4. The minimum Gasteiger partial charge on any atom is -0.394 e. The predicted octanol–water partition coefficient (Wildman–Crippen LogP) is 1.36. The van der Waals surface area contributed by atoms with E-state index >= 15 is 0 Å². The number of fused-ring (bicyclic) bond motifs is 1. The minimum atomic E-state index is -1.28. The number of aliphatic hydroxyl groups excluding tert-OH is 3. The summed E-state index contributed by atoms with van der Waals surface area (Å²) in [6, 6.07) is 7.40. The Kier molecular flexibility index (Phi) is 5.37. The molecule has 0 unspecified atom stereocenters. The second-order valence-electron chi connectivity index (χ2n) is 6.34. The highest BCUT2D eigenvalue weighted by Crippen LogP contribution is 2.32. The van der Waals surface area contributed by atoms with E-state index in [4.69, 9.17) is 27.9 Å². The summed E-state index contributed by atoms with van der Waals surface area (Å²) < 4.78 is 6.83. The zero-order chi connectivity index (χ0) is 19.8. The highest BCUT2D eigenvalue weighted by Gasteiger charge is 2.44. The Morgan fingerprint density at radius 3 is 2.64 bits per heavy atom. The van der Waals surface area contributed by atoms with Gasteiger partial charge in [-0.2, -0.15) is 15.1 Å². The van der Waals surface area contributed by atoms with Crippen molar-refractivity contribution in [2.24, 2.45) is 0 Å². The van der Waals surface area contributed by atoms with Gasteiger partial charge in [-0.05, 0) is 23.2 Å². The van der Waals surface area contributed by atoms with Crippen LogP contribution in [-0.2, 0) is 11.3 Å². The molecule has 28 heavy (non-hydrogen) atoms. The molecule has 4 N–H and O–H groups in total. The second kappa shape index (κ2) is 7.78. The van der Waals surface area contributed by atoms with Gasteiger partial charge in [-0.25, -0.2) is 4.68 Å². The topological polar surface area (TPSA) is 126 Å². The SMILES string of the molecule is OC[C@H]1O[C@@H](n2ncc3c(NCc4ccccc4Cl)nc(Cl)nc32)[C@H](O)[C@@H]1O. The molecule has 1 saturated heterocycles. The summed E-state index contributed by atoms with van der Waals surface area (Å²) in [5.41, 5.74) is 1.19. The number of ether oxygens (including phenoxy) is 1. The zero-order valence-electron chi connectivity index (χ0n) is 14.4. The van der Waals surface area contributed by atoms with Crippen LogP contribution in [-0.4, -0.2) is 60.0 Å². The van der Waals surface area contributed by atoms with Crippen LogP contribution in [0.5, 0.6) is 0 Å². The van der Waals surface area contributed by atoms with E-state index in [1.54, 1.807) is 6.07 Å². The molecule has 4 rings (SSSR count). The first kappa shape index (κ1) is 19.3. The van der Waals surface area contributed by atoms with Crippen LogP contribution in [0.4, 0.5) is 5.82 Å². The fourth-order valence-corrected chi connectivity index (χ4v) is 3.49. The van der Waals surface area contributed by atoms with Crippen LogP contribution in [0.25, 0.3) is 11.0 Å². The largest absolute Gasteiger partial charge is 0.394 e. The Morgan fingerprint density at radius 2 is 1.93 bits per heavy atom. The lowest BCUT2D eigenvalue weighted by atomic mass is 10.1. The van der Waals surface area contributed by atoms with Crippen molar-refractivity contribution in [2.45, 2.75) is 31.1 Å². The molecule has 3 heterocycles. The molecule has 1 aliphatic heterocycles. The summed E-state index contributed by atoms with van der Waals surface area (Å²) in [7, 11) is 0. The maximum Gasteiger partial charge on any atom is 0.226 e. The van der Waals surface area contributed by atoms with Crippen molar-refractivity contribution in [2.75, 3.05) is 11.9 Å². The third kappa shape index (κ3) is 3.41. The van der Waals surface area contributed by atoms with Crippen molar-refractivity contribution in [1.82, 2.24) is 19.7 Å². The molecule has 9 nitrogen and oxygen atoms in total. The molecule has 0 aliphatic carbocycles. The van der Waals surface area contributed by atoms with Gasteiger partial charge in [0, 0.05) is 11.6 Å². The first-order valence-corrected chi connectivity index (χ1v) is 9.25. The normalized spacial score (nSPS) is 24.8. The molecule has 1 aliphatic rings. The van der Waals surface area contributed by atoms with Gasteiger partial charge < -0.3 is 25.4 Å². The molecule has 3 aromatic rings. The Bertz CT molecular complexity index is 1000. The molecule has 1 aromatic carbocycles. The average molecular weight is 426 g/mol. The van der Waals surface area contributed by atoms with Crippen LogP contribution in [0.2, 0.25) is 10.3 Å². The fraction of sp³-hybridized carbons (Fsp3) is 0.353. The lowest BCUT2D eigenvalue weighted by molar-refractivity contribution is -0.0566. The van der Waals surface area contributed by atoms with Gasteiger partial charge in [0.25, 0.3) is 0 Å². The number of rotatable bonds is 5. The molecule has 0 radical (unpaired) electrons. The summed E-state index contributed by atoms with van der Waals surface area (Å²) in [6.07, 6.45) is -2.96. The Morgan fingerprint density at radius 1 is 1.14 bits per heavy atom. The number of benzene rings is 1. The van der Waals surface area contributed by atoms with Gasteiger partial charge in [0.05, 0.1) is 18.2 Å². The number of aromatic nitrogens is 4. The van der Waals surface area contributed by atoms with Crippen LogP contribution < -0.4 is 5.32 Å². The van der Waals surface area contributed by atoms with E-state index in [9.17, 15) is 15.3 Å². The monoisotopic (exact) mass is 425 g/mol. The van der Waals surface area contributed by atoms with E-state index in [1.165, 1.54) is 10.9 Å². The molecule has 4 atom stereocenters. The lowest BCUT2D eigenvalue weighted by Gasteiger charge is -2.16. The van der Waals surface area contributed by atoms with Crippen molar-refractivity contribution >= 4 is 40.1 Å². The smallest absolute Gasteiger partial charge is 0.226 e. The lowest BCUT2D eigenvalue weighted by Crippen LogP contribution is -2.33. The van der Waals surface area contributed by atoms with E-state index in [2.05, 4.69) is 20.4 Å². The Hall–Kier alpha value is -2.01. The van der Waals surface area contributed by atoms with Gasteiger partial charge in [0.2, 0.25) is 5.28 Å². The molecular weight excluding hydrogens is 409 g/mol. The third-order valence-electron chi connectivity index (χ3n) is 4.59. The van der Waals surface area contributed by atoms with Gasteiger partial charge in [-0.15, -0.1) is 0 Å². The number of nitrogens with zero attached hydrogens (tertiary/aromatic N) is 4. The standard InChI is InChI=1S/C17H17Cl2N5O4/c18-10-4-2-1-3-8(10)5-20-14-9-6-21-24(15(9)23-17(19)22-14)16-13(27)12(26)11(7-25)28-16/h1-4,6,11-13,16,25-27H,5,7H2,(H,20,22,23)/t11-,12-,13-,16-/m1/s1. The maximum absolute atomic E-state index is 10.3. The molecule has 0 spiro atoms. The fourth-order valence-electron chi connectivity index (χ4n) is 3.12. The number of nitrogens with one attached hydrogen (secondary N) is 1. The molecule has 2 aromatic heterocycles. The zero-order valence-corrected chi connectivity index (χ0v) is 15.9. The third-order valence-corrected chi connectivity index (χ3v) is 5.13. The predicted molar refractivity (Wildman–Crippen MR) is 102 cm³/mol. The Labute approximate surface area is 169 Å². The van der Waals surface area contributed by atoms with Gasteiger partial charge in [-0.3, -0.25) is 0 Å². The highest BCUT2D eigenvalue weighted by atomic mass is 35.5. The first-order valence-electron chi connectivity index (χ1n) is 8.50. The molecule has 0 bridgehead atoms. The Balaban J connectivity index is 1.66. The highest BCUT2D eigenvalue weighted by molar-refractivity contribution is 6.31. The summed E-state index contributed by atoms with van der Waals surface area (Å²) in [5, 5.41) is 38.0. The summed E-state index contributed by atoms with van der Waals surface area (Å²) in [4.78, 5) is 8.38. The van der Waals surface area contributed by atoms with E-state index in [-0.39, 0.29) is 5.28 Å². The number of hydrogen-bond acceptors (Lipinski definition) is 8. The van der Waals surface area contributed by atoms with Crippen molar-refractivity contribution in [3.8, 4) is 0 Å². The van der Waals surface area contributed by atoms with Crippen LogP contribution in [0.1, 0.15) is 11.8 Å². The summed E-state index contributed by atoms with van der Waals surface area (Å²) in [6.45, 7) is -0.0323. The van der Waals surface area contributed by atoms with Crippen LogP contribution in [0.3, 0.4) is 0 Å². The summed E-state index contributed by atoms with van der Waals surface area (Å²) in [5.74, 6) is 0.438.